The van der Waals surface area contributed by atoms with Gasteiger partial charge in [0.1, 0.15) is 10.6 Å². The third kappa shape index (κ3) is 3.12. The van der Waals surface area contributed by atoms with Gasteiger partial charge in [0.25, 0.3) is 5.91 Å². The van der Waals surface area contributed by atoms with Gasteiger partial charge in [0.2, 0.25) is 0 Å². The molecule has 22 heavy (non-hydrogen) atoms. The number of hydrogen-bond donors (Lipinski definition) is 2. The normalized spacial score (nSPS) is 11.0. The molecule has 0 aliphatic rings. The number of carboxylic acid groups (broad SMARTS) is 1. The van der Waals surface area contributed by atoms with Crippen LogP contribution in [0.4, 0.5) is 5.69 Å². The summed E-state index contributed by atoms with van der Waals surface area (Å²) in [7, 11) is 1.52. The van der Waals surface area contributed by atoms with Crippen molar-refractivity contribution >= 4 is 28.9 Å². The number of carbonyl (C=O) groups excluding carboxylic acids is 1. The number of methoxy groups -OCH3 is 1. The highest BCUT2D eigenvalue weighted by Gasteiger charge is 2.29. The Kier molecular flexibility index (Phi) is 4.51. The number of rotatable bonds is 5. The van der Waals surface area contributed by atoms with E-state index in [4.69, 9.17) is 4.74 Å². The summed E-state index contributed by atoms with van der Waals surface area (Å²) in [6.07, 6.45) is 0. The Hall–Kier alpha value is -2.34. The first-order chi connectivity index (χ1) is 10.4. The van der Waals surface area contributed by atoms with Crippen LogP contribution in [0.3, 0.4) is 0 Å². The Labute approximate surface area is 132 Å². The van der Waals surface area contributed by atoms with Crippen LogP contribution in [0.2, 0.25) is 0 Å². The van der Waals surface area contributed by atoms with Crippen molar-refractivity contribution in [3.05, 3.63) is 46.2 Å². The lowest BCUT2D eigenvalue weighted by molar-refractivity contribution is -0.142. The number of anilines is 1. The minimum absolute atomic E-state index is 0.253. The summed E-state index contributed by atoms with van der Waals surface area (Å²) >= 11 is 1.30. The topological polar surface area (TPSA) is 75.6 Å². The highest BCUT2D eigenvalue weighted by atomic mass is 32.1. The molecular formula is C16H17NO4S. The summed E-state index contributed by atoms with van der Waals surface area (Å²) in [5.41, 5.74) is 0.302. The molecule has 0 radical (unpaired) electrons. The second kappa shape index (κ2) is 6.19. The predicted molar refractivity (Wildman–Crippen MR) is 85.9 cm³/mol. The van der Waals surface area contributed by atoms with E-state index in [2.05, 4.69) is 5.32 Å². The highest BCUT2D eigenvalue weighted by Crippen LogP contribution is 2.27. The second-order valence-corrected chi connectivity index (χ2v) is 6.20. The fourth-order valence-electron chi connectivity index (χ4n) is 1.91. The zero-order chi connectivity index (χ0) is 16.3. The summed E-state index contributed by atoms with van der Waals surface area (Å²) in [4.78, 5) is 23.9. The van der Waals surface area contributed by atoms with Crippen molar-refractivity contribution in [1.29, 1.82) is 0 Å². The Morgan fingerprint density at radius 3 is 2.36 bits per heavy atom. The molecule has 6 heteroatoms. The van der Waals surface area contributed by atoms with Gasteiger partial charge in [0.05, 0.1) is 12.5 Å². The number of amides is 1. The number of ether oxygens (including phenoxy) is 1. The molecule has 0 aliphatic carbocycles. The van der Waals surface area contributed by atoms with Gasteiger partial charge in [-0.3, -0.25) is 9.59 Å². The van der Waals surface area contributed by atoms with Crippen LogP contribution in [0.15, 0.2) is 35.7 Å². The van der Waals surface area contributed by atoms with Crippen LogP contribution in [-0.4, -0.2) is 24.1 Å². The van der Waals surface area contributed by atoms with Crippen LogP contribution < -0.4 is 10.1 Å². The predicted octanol–water partition coefficient (Wildman–Crippen LogP) is 3.37. The molecule has 2 aromatic rings. The lowest BCUT2D eigenvalue weighted by Crippen LogP contribution is -2.28. The van der Waals surface area contributed by atoms with E-state index in [0.717, 1.165) is 0 Å². The van der Waals surface area contributed by atoms with Crippen molar-refractivity contribution in [2.24, 2.45) is 0 Å². The Bertz CT molecular complexity index is 688. The molecular weight excluding hydrogens is 302 g/mol. The van der Waals surface area contributed by atoms with E-state index in [1.807, 2.05) is 0 Å². The number of thiophene rings is 1. The lowest BCUT2D eigenvalue weighted by atomic mass is 9.85. The molecule has 0 spiro atoms. The number of carbonyl (C=O) groups is 2. The Balaban J connectivity index is 2.15. The van der Waals surface area contributed by atoms with Crippen molar-refractivity contribution in [2.75, 3.05) is 12.4 Å². The quantitative estimate of drug-likeness (QED) is 0.886. The SMILES string of the molecule is COc1ccsc1C(=O)Nc1ccc(C(C)(C)C(=O)O)cc1. The van der Waals surface area contributed by atoms with E-state index in [-0.39, 0.29) is 5.91 Å². The molecule has 1 aromatic carbocycles. The van der Waals surface area contributed by atoms with Gasteiger partial charge in [-0.25, -0.2) is 0 Å². The Morgan fingerprint density at radius 1 is 1.18 bits per heavy atom. The summed E-state index contributed by atoms with van der Waals surface area (Å²) in [5, 5.41) is 13.8. The molecule has 116 valence electrons. The van der Waals surface area contributed by atoms with Crippen LogP contribution in [0.5, 0.6) is 5.75 Å². The molecule has 0 saturated carbocycles. The van der Waals surface area contributed by atoms with Crippen molar-refractivity contribution in [2.45, 2.75) is 19.3 Å². The van der Waals surface area contributed by atoms with E-state index in [1.54, 1.807) is 49.6 Å². The molecule has 5 nitrogen and oxygen atoms in total. The van der Waals surface area contributed by atoms with Gasteiger partial charge < -0.3 is 15.2 Å². The summed E-state index contributed by atoms with van der Waals surface area (Å²) in [5.74, 6) is -0.615. The molecule has 0 atom stereocenters. The van der Waals surface area contributed by atoms with Crippen LogP contribution in [0.1, 0.15) is 29.1 Å². The maximum absolute atomic E-state index is 12.2. The van der Waals surface area contributed by atoms with Crippen molar-refractivity contribution in [3.63, 3.8) is 0 Å². The van der Waals surface area contributed by atoms with Gasteiger partial charge in [-0.2, -0.15) is 0 Å². The first kappa shape index (κ1) is 16.0. The number of hydrogen-bond acceptors (Lipinski definition) is 4. The van der Waals surface area contributed by atoms with Crippen LogP contribution in [0, 0.1) is 0 Å². The molecule has 1 amide bonds. The van der Waals surface area contributed by atoms with E-state index < -0.39 is 11.4 Å². The van der Waals surface area contributed by atoms with E-state index in [9.17, 15) is 14.7 Å². The number of nitrogens with one attached hydrogen (secondary N) is 1. The standard InChI is InChI=1S/C16H17NO4S/c1-16(2,15(19)20)10-4-6-11(7-5-10)17-14(18)13-12(21-3)8-9-22-13/h4-9H,1-3H3,(H,17,18)(H,19,20). The monoisotopic (exact) mass is 319 g/mol. The zero-order valence-electron chi connectivity index (χ0n) is 12.5. The molecule has 0 fully saturated rings. The Morgan fingerprint density at radius 2 is 1.82 bits per heavy atom. The van der Waals surface area contributed by atoms with Gasteiger partial charge in [0, 0.05) is 5.69 Å². The molecule has 1 aromatic heterocycles. The third-order valence-electron chi connectivity index (χ3n) is 3.45. The van der Waals surface area contributed by atoms with Crippen LogP contribution in [0.25, 0.3) is 0 Å². The average Bonchev–Trinajstić information content (AvgIpc) is 2.96. The van der Waals surface area contributed by atoms with Crippen LogP contribution >= 0.6 is 11.3 Å². The van der Waals surface area contributed by atoms with E-state index in [0.29, 0.717) is 21.9 Å². The number of aliphatic carboxylic acids is 1. The molecule has 0 unspecified atom stereocenters. The summed E-state index contributed by atoms with van der Waals surface area (Å²) in [6.45, 7) is 3.28. The number of carboxylic acids is 1. The van der Waals surface area contributed by atoms with Crippen molar-refractivity contribution < 1.29 is 19.4 Å². The lowest BCUT2D eigenvalue weighted by Gasteiger charge is -2.19. The minimum atomic E-state index is -0.973. The second-order valence-electron chi connectivity index (χ2n) is 5.28. The van der Waals surface area contributed by atoms with Gasteiger partial charge >= 0.3 is 5.97 Å². The summed E-state index contributed by atoms with van der Waals surface area (Å²) < 4.78 is 5.12. The largest absolute Gasteiger partial charge is 0.495 e. The van der Waals surface area contributed by atoms with Crippen molar-refractivity contribution in [3.8, 4) is 5.75 Å². The molecule has 2 rings (SSSR count). The zero-order valence-corrected chi connectivity index (χ0v) is 13.4. The average molecular weight is 319 g/mol. The molecule has 1 heterocycles. The fourth-order valence-corrected chi connectivity index (χ4v) is 2.66. The van der Waals surface area contributed by atoms with E-state index >= 15 is 0 Å². The highest BCUT2D eigenvalue weighted by molar-refractivity contribution is 7.12. The van der Waals surface area contributed by atoms with Gasteiger partial charge in [-0.05, 0) is 43.0 Å². The smallest absolute Gasteiger partial charge is 0.313 e. The maximum Gasteiger partial charge on any atom is 0.313 e. The summed E-state index contributed by atoms with van der Waals surface area (Å²) in [6, 6.07) is 8.53. The first-order valence-electron chi connectivity index (χ1n) is 6.63. The van der Waals surface area contributed by atoms with Gasteiger partial charge in [0.15, 0.2) is 0 Å². The van der Waals surface area contributed by atoms with Crippen molar-refractivity contribution in [1.82, 2.24) is 0 Å². The molecule has 0 aliphatic heterocycles. The number of benzene rings is 1. The first-order valence-corrected chi connectivity index (χ1v) is 7.51. The van der Waals surface area contributed by atoms with Crippen LogP contribution in [-0.2, 0) is 10.2 Å². The maximum atomic E-state index is 12.2. The molecule has 0 saturated heterocycles. The van der Waals surface area contributed by atoms with Gasteiger partial charge in [-0.15, -0.1) is 11.3 Å². The van der Waals surface area contributed by atoms with Gasteiger partial charge in [-0.1, -0.05) is 12.1 Å². The fraction of sp³-hybridized carbons (Fsp3) is 0.250. The molecule has 0 bridgehead atoms. The third-order valence-corrected chi connectivity index (χ3v) is 4.35. The van der Waals surface area contributed by atoms with E-state index in [1.165, 1.54) is 18.4 Å². The minimum Gasteiger partial charge on any atom is -0.495 e. The molecule has 2 N–H and O–H groups in total.